The Hall–Kier alpha value is -1.50. The third kappa shape index (κ3) is 3.75. The van der Waals surface area contributed by atoms with Gasteiger partial charge >= 0.3 is 0 Å². The highest BCUT2D eigenvalue weighted by atomic mass is 79.9. The largest absolute Gasteiger partial charge is 0.492 e. The Kier molecular flexibility index (Phi) is 5.46. The molecule has 0 amide bonds. The Morgan fingerprint density at radius 1 is 1.20 bits per heavy atom. The first-order valence-corrected chi connectivity index (χ1v) is 7.18. The maximum Gasteiger partial charge on any atom is 0.137 e. The van der Waals surface area contributed by atoms with Crippen molar-refractivity contribution in [1.29, 1.82) is 0 Å². The first-order chi connectivity index (χ1) is 9.74. The maximum absolute atomic E-state index is 5.68. The SMILES string of the molecule is CCCOc1cncc(C(NN)c2cncc(Br)c2)c1. The summed E-state index contributed by atoms with van der Waals surface area (Å²) < 4.78 is 6.50. The van der Waals surface area contributed by atoms with Crippen molar-refractivity contribution in [3.63, 3.8) is 0 Å². The molecule has 106 valence electrons. The molecule has 2 aromatic heterocycles. The summed E-state index contributed by atoms with van der Waals surface area (Å²) in [5.74, 6) is 6.42. The van der Waals surface area contributed by atoms with Crippen molar-refractivity contribution in [2.24, 2.45) is 5.84 Å². The smallest absolute Gasteiger partial charge is 0.137 e. The molecule has 1 atom stereocenters. The van der Waals surface area contributed by atoms with Crippen LogP contribution in [-0.2, 0) is 0 Å². The van der Waals surface area contributed by atoms with Gasteiger partial charge in [0.1, 0.15) is 5.75 Å². The van der Waals surface area contributed by atoms with E-state index in [0.29, 0.717) is 6.61 Å². The number of nitrogens with two attached hydrogens (primary N) is 1. The monoisotopic (exact) mass is 336 g/mol. The third-order valence-electron chi connectivity index (χ3n) is 2.77. The van der Waals surface area contributed by atoms with Crippen molar-refractivity contribution in [3.8, 4) is 5.75 Å². The van der Waals surface area contributed by atoms with Gasteiger partial charge in [0.2, 0.25) is 0 Å². The Labute approximate surface area is 126 Å². The van der Waals surface area contributed by atoms with E-state index in [1.807, 2.05) is 12.1 Å². The summed E-state index contributed by atoms with van der Waals surface area (Å²) in [5.41, 5.74) is 4.68. The highest BCUT2D eigenvalue weighted by Gasteiger charge is 2.14. The fourth-order valence-corrected chi connectivity index (χ4v) is 2.25. The summed E-state index contributed by atoms with van der Waals surface area (Å²) in [5, 5.41) is 0. The first-order valence-electron chi connectivity index (χ1n) is 6.39. The molecule has 2 heterocycles. The van der Waals surface area contributed by atoms with Crippen LogP contribution in [0.3, 0.4) is 0 Å². The average Bonchev–Trinajstić information content (AvgIpc) is 2.46. The number of ether oxygens (including phenoxy) is 1. The Morgan fingerprint density at radius 2 is 1.90 bits per heavy atom. The zero-order valence-electron chi connectivity index (χ0n) is 11.2. The molecule has 0 aromatic carbocycles. The molecule has 6 heteroatoms. The first kappa shape index (κ1) is 14.9. The molecule has 0 saturated heterocycles. The van der Waals surface area contributed by atoms with Crippen LogP contribution >= 0.6 is 15.9 Å². The molecule has 0 spiro atoms. The number of rotatable bonds is 6. The molecule has 0 fully saturated rings. The van der Waals surface area contributed by atoms with Crippen LogP contribution in [0.4, 0.5) is 0 Å². The van der Waals surface area contributed by atoms with Crippen LogP contribution in [0.2, 0.25) is 0 Å². The van der Waals surface area contributed by atoms with E-state index in [9.17, 15) is 0 Å². The van der Waals surface area contributed by atoms with Crippen LogP contribution < -0.4 is 16.0 Å². The van der Waals surface area contributed by atoms with Gasteiger partial charge in [-0.1, -0.05) is 6.92 Å². The van der Waals surface area contributed by atoms with E-state index in [1.54, 1.807) is 24.8 Å². The Bertz CT molecular complexity index is 564. The number of pyridine rings is 2. The van der Waals surface area contributed by atoms with Crippen LogP contribution in [0.15, 0.2) is 41.4 Å². The van der Waals surface area contributed by atoms with Crippen LogP contribution in [-0.4, -0.2) is 16.6 Å². The number of hydrazine groups is 1. The molecule has 0 bridgehead atoms. The van der Waals surface area contributed by atoms with Gasteiger partial charge in [0.25, 0.3) is 0 Å². The molecule has 2 rings (SSSR count). The lowest BCUT2D eigenvalue weighted by atomic mass is 10.0. The summed E-state index contributed by atoms with van der Waals surface area (Å²) in [4.78, 5) is 8.36. The van der Waals surface area contributed by atoms with E-state index in [2.05, 4.69) is 38.2 Å². The van der Waals surface area contributed by atoms with Crippen molar-refractivity contribution in [2.75, 3.05) is 6.61 Å². The molecular formula is C14H17BrN4O. The van der Waals surface area contributed by atoms with Gasteiger partial charge in [-0.25, -0.2) is 5.43 Å². The molecule has 0 aliphatic heterocycles. The summed E-state index contributed by atoms with van der Waals surface area (Å²) in [6.07, 6.45) is 7.93. The topological polar surface area (TPSA) is 73.1 Å². The molecule has 2 aromatic rings. The third-order valence-corrected chi connectivity index (χ3v) is 3.20. The molecule has 3 N–H and O–H groups in total. The van der Waals surface area contributed by atoms with E-state index in [0.717, 1.165) is 27.8 Å². The minimum absolute atomic E-state index is 0.183. The molecular weight excluding hydrogens is 320 g/mol. The van der Waals surface area contributed by atoms with Crippen molar-refractivity contribution in [2.45, 2.75) is 19.4 Å². The summed E-state index contributed by atoms with van der Waals surface area (Å²) >= 11 is 3.41. The Morgan fingerprint density at radius 3 is 2.55 bits per heavy atom. The molecule has 0 saturated carbocycles. The predicted molar refractivity (Wildman–Crippen MR) is 81.1 cm³/mol. The molecule has 20 heavy (non-hydrogen) atoms. The van der Waals surface area contributed by atoms with Gasteiger partial charge < -0.3 is 4.74 Å². The number of aromatic nitrogens is 2. The lowest BCUT2D eigenvalue weighted by Crippen LogP contribution is -2.29. The molecule has 5 nitrogen and oxygen atoms in total. The van der Waals surface area contributed by atoms with Gasteiger partial charge in [-0.15, -0.1) is 0 Å². The Balaban J connectivity index is 2.27. The number of nitrogens with one attached hydrogen (secondary N) is 1. The van der Waals surface area contributed by atoms with E-state index in [4.69, 9.17) is 10.6 Å². The van der Waals surface area contributed by atoms with Crippen molar-refractivity contribution >= 4 is 15.9 Å². The van der Waals surface area contributed by atoms with Crippen LogP contribution in [0.5, 0.6) is 5.75 Å². The quantitative estimate of drug-likeness (QED) is 0.626. The van der Waals surface area contributed by atoms with Gasteiger partial charge in [-0.3, -0.25) is 15.8 Å². The lowest BCUT2D eigenvalue weighted by Gasteiger charge is -2.17. The van der Waals surface area contributed by atoms with Gasteiger partial charge in [0, 0.05) is 23.1 Å². The molecule has 0 aliphatic carbocycles. The minimum atomic E-state index is -0.183. The number of nitrogens with zero attached hydrogens (tertiary/aromatic N) is 2. The standard InChI is InChI=1S/C14H17BrN4O/c1-2-3-20-13-5-11(7-18-9-13)14(19-16)10-4-12(15)8-17-6-10/h4-9,14,19H,2-3,16H2,1H3. The minimum Gasteiger partial charge on any atom is -0.492 e. The average molecular weight is 337 g/mol. The number of hydrogen-bond donors (Lipinski definition) is 2. The second-order valence-corrected chi connectivity index (χ2v) is 5.25. The van der Waals surface area contributed by atoms with Crippen molar-refractivity contribution in [3.05, 3.63) is 52.5 Å². The van der Waals surface area contributed by atoms with Crippen molar-refractivity contribution in [1.82, 2.24) is 15.4 Å². The van der Waals surface area contributed by atoms with Gasteiger partial charge in [-0.2, -0.15) is 0 Å². The van der Waals surface area contributed by atoms with Gasteiger partial charge in [0.05, 0.1) is 18.8 Å². The van der Waals surface area contributed by atoms with Crippen LogP contribution in [0, 0.1) is 0 Å². The summed E-state index contributed by atoms with van der Waals surface area (Å²) in [6.45, 7) is 2.74. The second kappa shape index (κ2) is 7.33. The lowest BCUT2D eigenvalue weighted by molar-refractivity contribution is 0.315. The summed E-state index contributed by atoms with van der Waals surface area (Å²) in [6, 6.07) is 3.73. The van der Waals surface area contributed by atoms with E-state index in [1.165, 1.54) is 0 Å². The molecule has 1 unspecified atom stereocenters. The highest BCUT2D eigenvalue weighted by Crippen LogP contribution is 2.25. The van der Waals surface area contributed by atoms with E-state index >= 15 is 0 Å². The van der Waals surface area contributed by atoms with E-state index in [-0.39, 0.29) is 6.04 Å². The van der Waals surface area contributed by atoms with Gasteiger partial charge in [0.15, 0.2) is 0 Å². The number of halogens is 1. The zero-order chi connectivity index (χ0) is 14.4. The normalized spacial score (nSPS) is 12.2. The highest BCUT2D eigenvalue weighted by molar-refractivity contribution is 9.10. The molecule has 0 aliphatic rings. The van der Waals surface area contributed by atoms with Gasteiger partial charge in [-0.05, 0) is 45.6 Å². The predicted octanol–water partition coefficient (Wildman–Crippen LogP) is 2.58. The fraction of sp³-hybridized carbons (Fsp3) is 0.286. The number of hydrogen-bond acceptors (Lipinski definition) is 5. The van der Waals surface area contributed by atoms with E-state index < -0.39 is 0 Å². The fourth-order valence-electron chi connectivity index (χ4n) is 1.86. The second-order valence-electron chi connectivity index (χ2n) is 4.34. The van der Waals surface area contributed by atoms with Crippen LogP contribution in [0.1, 0.15) is 30.5 Å². The van der Waals surface area contributed by atoms with Crippen LogP contribution in [0.25, 0.3) is 0 Å². The summed E-state index contributed by atoms with van der Waals surface area (Å²) in [7, 11) is 0. The van der Waals surface area contributed by atoms with Crippen molar-refractivity contribution < 1.29 is 4.74 Å². The zero-order valence-corrected chi connectivity index (χ0v) is 12.8. The molecule has 0 radical (unpaired) electrons. The maximum atomic E-state index is 5.68.